The molecular formula is C13H20N2O2S. The quantitative estimate of drug-likeness (QED) is 0.771. The number of carbonyl (C=O) groups is 1. The Morgan fingerprint density at radius 2 is 2.28 bits per heavy atom. The average Bonchev–Trinajstić information content (AvgIpc) is 2.37. The van der Waals surface area contributed by atoms with E-state index >= 15 is 0 Å². The average molecular weight is 268 g/mol. The first-order valence-electron chi connectivity index (χ1n) is 6.14. The smallest absolute Gasteiger partial charge is 0.339 e. The van der Waals surface area contributed by atoms with Gasteiger partial charge in [0.15, 0.2) is 0 Å². The molecule has 0 aliphatic rings. The van der Waals surface area contributed by atoms with Crippen LogP contribution < -0.4 is 5.32 Å². The molecular weight excluding hydrogens is 248 g/mol. The van der Waals surface area contributed by atoms with Crippen molar-refractivity contribution in [3.63, 3.8) is 0 Å². The number of nitrogens with zero attached hydrogens (tertiary/aromatic N) is 1. The van der Waals surface area contributed by atoms with Gasteiger partial charge in [0, 0.05) is 18.0 Å². The number of thioether (sulfide) groups is 1. The maximum atomic E-state index is 11.4. The Kier molecular flexibility index (Phi) is 6.57. The van der Waals surface area contributed by atoms with Crippen LogP contribution in [0.2, 0.25) is 0 Å². The van der Waals surface area contributed by atoms with E-state index in [0.29, 0.717) is 18.2 Å². The highest BCUT2D eigenvalue weighted by Gasteiger charge is 2.07. The van der Waals surface area contributed by atoms with E-state index in [1.165, 1.54) is 0 Å². The summed E-state index contributed by atoms with van der Waals surface area (Å²) in [7, 11) is 0. The van der Waals surface area contributed by atoms with Gasteiger partial charge in [-0.3, -0.25) is 0 Å². The fourth-order valence-electron chi connectivity index (χ4n) is 1.40. The molecule has 0 saturated carbocycles. The molecule has 4 nitrogen and oxygen atoms in total. The fourth-order valence-corrected chi connectivity index (χ4v) is 2.08. The third kappa shape index (κ3) is 4.96. The lowest BCUT2D eigenvalue weighted by atomic mass is 10.3. The fraction of sp³-hybridized carbons (Fsp3) is 0.538. The van der Waals surface area contributed by atoms with Crippen LogP contribution >= 0.6 is 11.8 Å². The van der Waals surface area contributed by atoms with Gasteiger partial charge >= 0.3 is 5.97 Å². The van der Waals surface area contributed by atoms with Crippen molar-refractivity contribution in [1.29, 1.82) is 0 Å². The lowest BCUT2D eigenvalue weighted by Crippen LogP contribution is -2.19. The Balaban J connectivity index is 2.52. The van der Waals surface area contributed by atoms with Gasteiger partial charge in [-0.25, -0.2) is 9.78 Å². The molecule has 18 heavy (non-hydrogen) atoms. The monoisotopic (exact) mass is 268 g/mol. The maximum Gasteiger partial charge on any atom is 0.339 e. The number of anilines is 1. The van der Waals surface area contributed by atoms with Crippen molar-refractivity contribution >= 4 is 23.5 Å². The molecule has 0 radical (unpaired) electrons. The van der Waals surface area contributed by atoms with Crippen molar-refractivity contribution in [2.45, 2.75) is 26.8 Å². The van der Waals surface area contributed by atoms with Gasteiger partial charge in [0.05, 0.1) is 12.2 Å². The highest BCUT2D eigenvalue weighted by molar-refractivity contribution is 7.99. The van der Waals surface area contributed by atoms with Crippen LogP contribution in [0.15, 0.2) is 18.3 Å². The molecule has 0 spiro atoms. The van der Waals surface area contributed by atoms with Crippen molar-refractivity contribution in [1.82, 2.24) is 4.98 Å². The van der Waals surface area contributed by atoms with E-state index in [4.69, 9.17) is 4.74 Å². The number of ether oxygens (including phenoxy) is 1. The summed E-state index contributed by atoms with van der Waals surface area (Å²) < 4.78 is 4.90. The largest absolute Gasteiger partial charge is 0.462 e. The van der Waals surface area contributed by atoms with Crippen LogP contribution in [-0.4, -0.2) is 35.1 Å². The van der Waals surface area contributed by atoms with E-state index in [1.807, 2.05) is 11.8 Å². The predicted octanol–water partition coefficient (Wildman–Crippen LogP) is 2.81. The molecule has 1 rings (SSSR count). The molecule has 100 valence electrons. The van der Waals surface area contributed by atoms with E-state index < -0.39 is 0 Å². The molecule has 1 aromatic heterocycles. The van der Waals surface area contributed by atoms with Crippen LogP contribution in [0.5, 0.6) is 0 Å². The van der Waals surface area contributed by atoms with Crippen LogP contribution in [0.4, 0.5) is 5.82 Å². The van der Waals surface area contributed by atoms with Crippen LogP contribution in [-0.2, 0) is 4.74 Å². The third-order valence-electron chi connectivity index (χ3n) is 2.24. The van der Waals surface area contributed by atoms with Crippen molar-refractivity contribution in [3.8, 4) is 0 Å². The molecule has 1 heterocycles. The second-order valence-corrected chi connectivity index (χ2v) is 5.18. The second-order valence-electron chi connectivity index (χ2n) is 3.86. The summed E-state index contributed by atoms with van der Waals surface area (Å²) in [6.45, 7) is 6.42. The van der Waals surface area contributed by atoms with Gasteiger partial charge in [0.1, 0.15) is 5.82 Å². The zero-order chi connectivity index (χ0) is 13.4. The van der Waals surface area contributed by atoms with Crippen molar-refractivity contribution in [2.24, 2.45) is 0 Å². The van der Waals surface area contributed by atoms with E-state index in [2.05, 4.69) is 24.1 Å². The number of pyridine rings is 1. The summed E-state index contributed by atoms with van der Waals surface area (Å²) in [6.07, 6.45) is 1.54. The van der Waals surface area contributed by atoms with E-state index in [0.717, 1.165) is 17.3 Å². The minimum absolute atomic E-state index is 0.328. The summed E-state index contributed by atoms with van der Waals surface area (Å²) in [5.74, 6) is 2.61. The molecule has 1 aromatic rings. The lowest BCUT2D eigenvalue weighted by Gasteiger charge is -2.13. The third-order valence-corrected chi connectivity index (χ3v) is 3.38. The van der Waals surface area contributed by atoms with Gasteiger partial charge in [0.2, 0.25) is 0 Å². The van der Waals surface area contributed by atoms with Crippen molar-refractivity contribution in [3.05, 3.63) is 23.9 Å². The van der Waals surface area contributed by atoms with Crippen LogP contribution in [0, 0.1) is 0 Å². The summed E-state index contributed by atoms with van der Waals surface area (Å²) >= 11 is 1.89. The zero-order valence-electron chi connectivity index (χ0n) is 11.1. The van der Waals surface area contributed by atoms with E-state index in [9.17, 15) is 4.79 Å². The number of hydrogen-bond acceptors (Lipinski definition) is 5. The first-order valence-corrected chi connectivity index (χ1v) is 7.30. The van der Waals surface area contributed by atoms with Gasteiger partial charge in [-0.05, 0) is 31.7 Å². The van der Waals surface area contributed by atoms with Crippen LogP contribution in [0.25, 0.3) is 0 Å². The zero-order valence-corrected chi connectivity index (χ0v) is 11.9. The molecule has 0 saturated heterocycles. The molecule has 1 N–H and O–H groups in total. The van der Waals surface area contributed by atoms with E-state index in [1.54, 1.807) is 25.3 Å². The first-order chi connectivity index (χ1) is 8.67. The molecule has 0 fully saturated rings. The van der Waals surface area contributed by atoms with Gasteiger partial charge in [-0.15, -0.1) is 0 Å². The van der Waals surface area contributed by atoms with Crippen LogP contribution in [0.3, 0.4) is 0 Å². The second kappa shape index (κ2) is 7.97. The SMILES string of the molecule is CCOC(=O)c1ccc(NC(C)CSCC)nc1. The number of carbonyl (C=O) groups excluding carboxylic acids is 1. The van der Waals surface area contributed by atoms with E-state index in [-0.39, 0.29) is 5.97 Å². The molecule has 0 bridgehead atoms. The Morgan fingerprint density at radius 1 is 1.50 bits per heavy atom. The van der Waals surface area contributed by atoms with Gasteiger partial charge in [-0.1, -0.05) is 6.92 Å². The number of aromatic nitrogens is 1. The predicted molar refractivity (Wildman–Crippen MR) is 76.3 cm³/mol. The first kappa shape index (κ1) is 14.8. The Labute approximate surface area is 113 Å². The summed E-state index contributed by atoms with van der Waals surface area (Å²) in [5.41, 5.74) is 0.484. The number of rotatable bonds is 7. The Morgan fingerprint density at radius 3 is 2.83 bits per heavy atom. The number of esters is 1. The highest BCUT2D eigenvalue weighted by atomic mass is 32.2. The van der Waals surface area contributed by atoms with Gasteiger partial charge < -0.3 is 10.1 Å². The number of hydrogen-bond donors (Lipinski definition) is 1. The molecule has 0 aliphatic heterocycles. The lowest BCUT2D eigenvalue weighted by molar-refractivity contribution is 0.0526. The summed E-state index contributed by atoms with van der Waals surface area (Å²) in [6, 6.07) is 3.89. The minimum atomic E-state index is -0.328. The molecule has 0 aromatic carbocycles. The molecule has 1 unspecified atom stereocenters. The number of nitrogens with one attached hydrogen (secondary N) is 1. The summed E-state index contributed by atoms with van der Waals surface area (Å²) in [4.78, 5) is 15.6. The van der Waals surface area contributed by atoms with Crippen LogP contribution in [0.1, 0.15) is 31.1 Å². The minimum Gasteiger partial charge on any atom is -0.462 e. The normalized spacial score (nSPS) is 11.9. The highest BCUT2D eigenvalue weighted by Crippen LogP contribution is 2.10. The Bertz CT molecular complexity index is 368. The molecule has 0 amide bonds. The topological polar surface area (TPSA) is 51.2 Å². The summed E-state index contributed by atoms with van der Waals surface area (Å²) in [5, 5.41) is 3.29. The van der Waals surface area contributed by atoms with Gasteiger partial charge in [0.25, 0.3) is 0 Å². The van der Waals surface area contributed by atoms with Gasteiger partial charge in [-0.2, -0.15) is 11.8 Å². The molecule has 1 atom stereocenters. The Hall–Kier alpha value is -1.23. The molecule has 0 aliphatic carbocycles. The standard InChI is InChI=1S/C13H20N2O2S/c1-4-17-13(16)11-6-7-12(14-8-11)15-10(3)9-18-5-2/h6-8,10H,4-5,9H2,1-3H3,(H,14,15). The van der Waals surface area contributed by atoms with Crippen molar-refractivity contribution < 1.29 is 9.53 Å². The molecule has 5 heteroatoms. The maximum absolute atomic E-state index is 11.4. The van der Waals surface area contributed by atoms with Crippen molar-refractivity contribution in [2.75, 3.05) is 23.4 Å².